The fraction of sp³-hybridized carbons (Fsp3) is 0.550. The average molecular weight is 438 g/mol. The molecule has 2 amide bonds. The van der Waals surface area contributed by atoms with Crippen molar-refractivity contribution < 1.29 is 27.5 Å². The van der Waals surface area contributed by atoms with Gasteiger partial charge in [0.15, 0.2) is 0 Å². The van der Waals surface area contributed by atoms with Gasteiger partial charge in [0.1, 0.15) is 11.2 Å². The van der Waals surface area contributed by atoms with E-state index in [4.69, 9.17) is 16.0 Å². The number of benzene rings is 1. The van der Waals surface area contributed by atoms with Crippen LogP contribution >= 0.6 is 0 Å². The summed E-state index contributed by atoms with van der Waals surface area (Å²) in [6, 6.07) is 4.16. The van der Waals surface area contributed by atoms with E-state index in [1.165, 1.54) is 23.1 Å². The van der Waals surface area contributed by atoms with Crippen molar-refractivity contribution in [2.45, 2.75) is 70.4 Å². The van der Waals surface area contributed by atoms with Gasteiger partial charge in [-0.2, -0.15) is 0 Å². The highest BCUT2D eigenvalue weighted by atomic mass is 32.2. The van der Waals surface area contributed by atoms with Crippen LogP contribution < -0.4 is 0 Å². The topological polar surface area (TPSA) is 97.6 Å². The molecule has 9 nitrogen and oxygen atoms in total. The Labute approximate surface area is 177 Å². The van der Waals surface area contributed by atoms with Gasteiger partial charge >= 0.3 is 18.4 Å². The quantitative estimate of drug-likeness (QED) is 0.651. The number of ether oxygens (including phenoxy) is 2. The third-order valence-corrected chi connectivity index (χ3v) is 5.81. The van der Waals surface area contributed by atoms with Crippen LogP contribution in [0.3, 0.4) is 0 Å². The zero-order valence-electron chi connectivity index (χ0n) is 18.2. The van der Waals surface area contributed by atoms with E-state index >= 15 is 0 Å². The first-order chi connectivity index (χ1) is 13.6. The molecule has 0 fully saturated rings. The second-order valence-electron chi connectivity index (χ2n) is 8.92. The first kappa shape index (κ1) is 23.5. The van der Waals surface area contributed by atoms with Gasteiger partial charge in [-0.3, -0.25) is 4.85 Å². The van der Waals surface area contributed by atoms with Crippen molar-refractivity contribution in [2.75, 3.05) is 7.05 Å². The summed E-state index contributed by atoms with van der Waals surface area (Å²) in [5, 5.41) is 0. The van der Waals surface area contributed by atoms with Crippen molar-refractivity contribution in [3.05, 3.63) is 40.7 Å². The fourth-order valence-corrected chi connectivity index (χ4v) is 3.86. The van der Waals surface area contributed by atoms with Gasteiger partial charge in [-0.15, -0.1) is 0 Å². The summed E-state index contributed by atoms with van der Waals surface area (Å²) in [4.78, 5) is 29.3. The molecule has 0 bridgehead atoms. The Morgan fingerprint density at radius 3 is 2.20 bits per heavy atom. The van der Waals surface area contributed by atoms with Crippen LogP contribution in [0.25, 0.3) is 4.85 Å². The standard InChI is InChI=1S/C20H27N3O6S/c1-19(2,3)28-17(24)22(8)30(26,27)14-9-10-15-13(11-14)12-23(16(15)21-7)18(25)29-20(4,5)6/h9-11,16H,12H2,1-6,8H3. The van der Waals surface area contributed by atoms with E-state index in [1.807, 2.05) is 0 Å². The van der Waals surface area contributed by atoms with Crippen LogP contribution in [0.15, 0.2) is 23.1 Å². The molecule has 0 saturated carbocycles. The molecule has 10 heteroatoms. The molecule has 2 rings (SSSR count). The zero-order valence-corrected chi connectivity index (χ0v) is 19.0. The van der Waals surface area contributed by atoms with Crippen LogP contribution in [0.5, 0.6) is 0 Å². The van der Waals surface area contributed by atoms with E-state index in [0.29, 0.717) is 15.4 Å². The van der Waals surface area contributed by atoms with E-state index in [0.717, 1.165) is 7.05 Å². The number of amides is 2. The van der Waals surface area contributed by atoms with Gasteiger partial charge in [0.2, 0.25) is 0 Å². The fourth-order valence-electron chi connectivity index (χ4n) is 2.78. The van der Waals surface area contributed by atoms with Crippen molar-refractivity contribution in [2.24, 2.45) is 0 Å². The molecule has 1 unspecified atom stereocenters. The summed E-state index contributed by atoms with van der Waals surface area (Å²) in [5.41, 5.74) is -0.561. The lowest BCUT2D eigenvalue weighted by Crippen LogP contribution is -2.38. The van der Waals surface area contributed by atoms with Gasteiger partial charge in [0, 0.05) is 7.05 Å². The van der Waals surface area contributed by atoms with E-state index in [1.54, 1.807) is 41.5 Å². The monoisotopic (exact) mass is 437 g/mol. The highest BCUT2D eigenvalue weighted by Crippen LogP contribution is 2.37. The maximum Gasteiger partial charge on any atom is 0.424 e. The highest BCUT2D eigenvalue weighted by Gasteiger charge is 2.41. The minimum atomic E-state index is -4.18. The molecule has 0 aromatic heterocycles. The number of carbonyl (C=O) groups excluding carboxylic acids is 2. The molecule has 0 N–H and O–H groups in total. The van der Waals surface area contributed by atoms with Gasteiger partial charge < -0.3 is 9.47 Å². The lowest BCUT2D eigenvalue weighted by molar-refractivity contribution is 0.0206. The van der Waals surface area contributed by atoms with E-state index < -0.39 is 39.6 Å². The van der Waals surface area contributed by atoms with E-state index in [2.05, 4.69) is 4.85 Å². The van der Waals surface area contributed by atoms with Crippen molar-refractivity contribution in [3.63, 3.8) is 0 Å². The second kappa shape index (κ2) is 7.80. The second-order valence-corrected chi connectivity index (χ2v) is 10.9. The molecule has 0 aliphatic carbocycles. The number of hydrogen-bond acceptors (Lipinski definition) is 6. The van der Waals surface area contributed by atoms with Gasteiger partial charge in [-0.25, -0.2) is 33.8 Å². The van der Waals surface area contributed by atoms with Crippen LogP contribution in [0.4, 0.5) is 9.59 Å². The van der Waals surface area contributed by atoms with E-state index in [9.17, 15) is 18.0 Å². The van der Waals surface area contributed by atoms with Crippen molar-refractivity contribution >= 4 is 22.2 Å². The minimum absolute atomic E-state index is 0.0246. The molecule has 1 aromatic rings. The molecule has 0 radical (unpaired) electrons. The molecule has 1 atom stereocenters. The van der Waals surface area contributed by atoms with Gasteiger partial charge in [-0.05, 0) is 65.3 Å². The Morgan fingerprint density at radius 2 is 1.70 bits per heavy atom. The van der Waals surface area contributed by atoms with Crippen LogP contribution in [0, 0.1) is 6.57 Å². The predicted molar refractivity (Wildman–Crippen MR) is 109 cm³/mol. The van der Waals surface area contributed by atoms with Crippen molar-refractivity contribution in [1.82, 2.24) is 9.21 Å². The normalized spacial score (nSPS) is 16.5. The number of nitrogens with zero attached hydrogens (tertiary/aromatic N) is 3. The van der Waals surface area contributed by atoms with Gasteiger partial charge in [0.25, 0.3) is 10.0 Å². The lowest BCUT2D eigenvalue weighted by Gasteiger charge is -2.24. The molecule has 164 valence electrons. The number of rotatable bonds is 2. The Bertz CT molecular complexity index is 999. The Hall–Kier alpha value is -2.80. The first-order valence-corrected chi connectivity index (χ1v) is 10.7. The van der Waals surface area contributed by atoms with Crippen LogP contribution in [0.2, 0.25) is 0 Å². The number of hydrogen-bond donors (Lipinski definition) is 0. The maximum absolute atomic E-state index is 12.9. The lowest BCUT2D eigenvalue weighted by atomic mass is 10.1. The van der Waals surface area contributed by atoms with Crippen LogP contribution in [0.1, 0.15) is 58.8 Å². The van der Waals surface area contributed by atoms with Gasteiger partial charge in [-0.1, -0.05) is 0 Å². The molecule has 0 spiro atoms. The molecular formula is C20H27N3O6S. The average Bonchev–Trinajstić information content (AvgIpc) is 2.95. The van der Waals surface area contributed by atoms with Crippen LogP contribution in [-0.2, 0) is 26.0 Å². The number of fused-ring (bicyclic) bond motifs is 1. The van der Waals surface area contributed by atoms with Crippen molar-refractivity contribution in [1.29, 1.82) is 0 Å². The summed E-state index contributed by atoms with van der Waals surface area (Å²) in [6.45, 7) is 17.5. The van der Waals surface area contributed by atoms with Gasteiger partial charge in [0.05, 0.1) is 17.0 Å². The molecular weight excluding hydrogens is 410 g/mol. The van der Waals surface area contributed by atoms with E-state index in [-0.39, 0.29) is 11.4 Å². The van der Waals surface area contributed by atoms with Crippen molar-refractivity contribution in [3.8, 4) is 0 Å². The Balaban J connectivity index is 2.34. The Kier molecular flexibility index (Phi) is 6.10. The molecule has 1 aliphatic rings. The smallest absolute Gasteiger partial charge is 0.424 e. The summed E-state index contributed by atoms with van der Waals surface area (Å²) in [6.07, 6.45) is -2.57. The third-order valence-electron chi connectivity index (χ3n) is 4.09. The summed E-state index contributed by atoms with van der Waals surface area (Å²) in [5.74, 6) is 0. The SMILES string of the molecule is [C-]#[N+]C1c2ccc(S(=O)(=O)N(C)C(=O)OC(C)(C)C)cc2CN1C(=O)OC(C)(C)C. The predicted octanol–water partition coefficient (Wildman–Crippen LogP) is 3.91. The Morgan fingerprint density at radius 1 is 1.13 bits per heavy atom. The molecule has 0 saturated heterocycles. The molecule has 1 aliphatic heterocycles. The molecule has 1 aromatic carbocycles. The maximum atomic E-state index is 12.9. The summed E-state index contributed by atoms with van der Waals surface area (Å²) in [7, 11) is -3.06. The highest BCUT2D eigenvalue weighted by molar-refractivity contribution is 7.89. The summed E-state index contributed by atoms with van der Waals surface area (Å²) >= 11 is 0. The van der Waals surface area contributed by atoms with Crippen LogP contribution in [-0.4, -0.2) is 48.1 Å². The number of sulfonamides is 1. The number of carbonyl (C=O) groups is 2. The zero-order chi connectivity index (χ0) is 23.1. The molecule has 30 heavy (non-hydrogen) atoms. The largest absolute Gasteiger partial charge is 0.444 e. The first-order valence-electron chi connectivity index (χ1n) is 9.28. The minimum Gasteiger partial charge on any atom is -0.444 e. The third kappa shape index (κ3) is 5.02. The summed E-state index contributed by atoms with van der Waals surface area (Å²) < 4.78 is 36.8. The molecule has 1 heterocycles.